The van der Waals surface area contributed by atoms with E-state index >= 15 is 0 Å². The molecule has 0 saturated carbocycles. The molecule has 0 fully saturated rings. The maximum Gasteiger partial charge on any atom is 0.267 e. The zero-order valence-corrected chi connectivity index (χ0v) is 15.2. The fraction of sp³-hybridized carbons (Fsp3) is 0.353. The summed E-state index contributed by atoms with van der Waals surface area (Å²) in [5.41, 5.74) is 0.390. The van der Waals surface area contributed by atoms with Gasteiger partial charge in [0, 0.05) is 12.1 Å². The Morgan fingerprint density at radius 2 is 1.84 bits per heavy atom. The molecule has 0 aliphatic heterocycles. The van der Waals surface area contributed by atoms with Crippen molar-refractivity contribution in [3.05, 3.63) is 52.3 Å². The van der Waals surface area contributed by atoms with Crippen molar-refractivity contribution in [3.63, 3.8) is 0 Å². The first kappa shape index (κ1) is 18.9. The number of carbonyl (C=O) groups excluding carboxylic acids is 1. The van der Waals surface area contributed by atoms with Gasteiger partial charge in [-0.15, -0.1) is 0 Å². The minimum atomic E-state index is -3.86. The standard InChI is InChI=1S/C17H21N3O4S/c1-4-13(3)18-15(21)11-20-17(22)10-9-16(19-20)25(23,24)14-7-5-12(2)6-8-14/h5-10,13H,4,11H2,1-3H3,(H,18,21). The second-order valence-corrected chi connectivity index (χ2v) is 7.76. The number of carbonyl (C=O) groups is 1. The normalized spacial score (nSPS) is 12.6. The molecule has 1 atom stereocenters. The molecule has 0 aliphatic carbocycles. The van der Waals surface area contributed by atoms with Gasteiger partial charge in [0.05, 0.1) is 4.90 Å². The summed E-state index contributed by atoms with van der Waals surface area (Å²) in [5, 5.41) is 6.31. The van der Waals surface area contributed by atoms with Crippen LogP contribution in [0.25, 0.3) is 0 Å². The molecule has 25 heavy (non-hydrogen) atoms. The fourth-order valence-electron chi connectivity index (χ4n) is 2.08. The molecule has 0 spiro atoms. The monoisotopic (exact) mass is 363 g/mol. The smallest absolute Gasteiger partial charge is 0.267 e. The van der Waals surface area contributed by atoms with Gasteiger partial charge in [0.25, 0.3) is 5.56 Å². The Kier molecular flexibility index (Phi) is 5.73. The van der Waals surface area contributed by atoms with Crippen LogP contribution in [-0.4, -0.2) is 30.1 Å². The zero-order chi connectivity index (χ0) is 18.6. The van der Waals surface area contributed by atoms with Gasteiger partial charge in [-0.3, -0.25) is 9.59 Å². The quantitative estimate of drug-likeness (QED) is 0.834. The van der Waals surface area contributed by atoms with Crippen LogP contribution in [0.4, 0.5) is 0 Å². The van der Waals surface area contributed by atoms with Crippen LogP contribution in [0.2, 0.25) is 0 Å². The SMILES string of the molecule is CCC(C)NC(=O)Cn1nc(S(=O)(=O)c2ccc(C)cc2)ccc1=O. The third-order valence-corrected chi connectivity index (χ3v) is 5.42. The van der Waals surface area contributed by atoms with Gasteiger partial charge in [-0.2, -0.15) is 5.10 Å². The van der Waals surface area contributed by atoms with Crippen LogP contribution in [0.15, 0.2) is 51.1 Å². The Morgan fingerprint density at radius 1 is 1.20 bits per heavy atom. The molecule has 1 amide bonds. The number of amides is 1. The predicted octanol–water partition coefficient (Wildman–Crippen LogP) is 1.30. The van der Waals surface area contributed by atoms with Crippen molar-refractivity contribution in [1.29, 1.82) is 0 Å². The number of nitrogens with one attached hydrogen (secondary N) is 1. The van der Waals surface area contributed by atoms with Crippen LogP contribution in [0.3, 0.4) is 0 Å². The van der Waals surface area contributed by atoms with Crippen molar-refractivity contribution in [2.24, 2.45) is 0 Å². The second kappa shape index (κ2) is 7.60. The third kappa shape index (κ3) is 4.54. The molecule has 0 bridgehead atoms. The van der Waals surface area contributed by atoms with E-state index in [4.69, 9.17) is 0 Å². The first-order valence-corrected chi connectivity index (χ1v) is 9.41. The lowest BCUT2D eigenvalue weighted by atomic mass is 10.2. The maximum atomic E-state index is 12.6. The number of benzene rings is 1. The highest BCUT2D eigenvalue weighted by Crippen LogP contribution is 2.18. The van der Waals surface area contributed by atoms with Gasteiger partial charge >= 0.3 is 0 Å². The summed E-state index contributed by atoms with van der Waals surface area (Å²) in [4.78, 5) is 23.9. The van der Waals surface area contributed by atoms with E-state index < -0.39 is 21.3 Å². The second-order valence-electron chi connectivity index (χ2n) is 5.86. The first-order chi connectivity index (χ1) is 11.7. The van der Waals surface area contributed by atoms with E-state index in [0.29, 0.717) is 0 Å². The zero-order valence-electron chi connectivity index (χ0n) is 14.4. The largest absolute Gasteiger partial charge is 0.352 e. The van der Waals surface area contributed by atoms with E-state index in [9.17, 15) is 18.0 Å². The van der Waals surface area contributed by atoms with Crippen molar-refractivity contribution >= 4 is 15.7 Å². The van der Waals surface area contributed by atoms with Crippen molar-refractivity contribution in [2.45, 2.75) is 49.7 Å². The molecular weight excluding hydrogens is 342 g/mol. The van der Waals surface area contributed by atoms with E-state index in [1.54, 1.807) is 12.1 Å². The summed E-state index contributed by atoms with van der Waals surface area (Å²) in [7, 11) is -3.86. The summed E-state index contributed by atoms with van der Waals surface area (Å²) >= 11 is 0. The fourth-order valence-corrected chi connectivity index (χ4v) is 3.27. The number of hydrogen-bond donors (Lipinski definition) is 1. The van der Waals surface area contributed by atoms with Gasteiger partial charge in [0.15, 0.2) is 5.03 Å². The molecular formula is C17H21N3O4S. The Bertz CT molecular complexity index is 918. The van der Waals surface area contributed by atoms with E-state index in [-0.39, 0.29) is 22.5 Å². The Balaban J connectivity index is 2.33. The van der Waals surface area contributed by atoms with Crippen molar-refractivity contribution in [3.8, 4) is 0 Å². The molecule has 1 heterocycles. The Morgan fingerprint density at radius 3 is 2.44 bits per heavy atom. The molecule has 0 aliphatic rings. The van der Waals surface area contributed by atoms with Gasteiger partial charge in [0.1, 0.15) is 6.54 Å². The van der Waals surface area contributed by atoms with Crippen LogP contribution in [-0.2, 0) is 21.2 Å². The highest BCUT2D eigenvalue weighted by atomic mass is 32.2. The average molecular weight is 363 g/mol. The molecule has 8 heteroatoms. The van der Waals surface area contributed by atoms with Crippen LogP contribution in [0.5, 0.6) is 0 Å². The van der Waals surface area contributed by atoms with Crippen molar-refractivity contribution in [1.82, 2.24) is 15.1 Å². The third-order valence-electron chi connectivity index (χ3n) is 3.76. The summed E-state index contributed by atoms with van der Waals surface area (Å²) in [6, 6.07) is 8.55. The van der Waals surface area contributed by atoms with E-state index in [1.165, 1.54) is 12.1 Å². The van der Waals surface area contributed by atoms with Crippen molar-refractivity contribution in [2.75, 3.05) is 0 Å². The van der Waals surface area contributed by atoms with E-state index in [0.717, 1.165) is 28.8 Å². The van der Waals surface area contributed by atoms with Gasteiger partial charge in [-0.1, -0.05) is 24.6 Å². The molecule has 1 aromatic heterocycles. The predicted molar refractivity (Wildman–Crippen MR) is 93.0 cm³/mol. The molecule has 2 rings (SSSR count). The molecule has 134 valence electrons. The number of hydrogen-bond acceptors (Lipinski definition) is 5. The van der Waals surface area contributed by atoms with Gasteiger partial charge in [-0.25, -0.2) is 13.1 Å². The number of aromatic nitrogens is 2. The minimum Gasteiger partial charge on any atom is -0.352 e. The number of nitrogens with zero attached hydrogens (tertiary/aromatic N) is 2. The van der Waals surface area contributed by atoms with Crippen LogP contribution in [0, 0.1) is 6.92 Å². The Hall–Kier alpha value is -2.48. The summed E-state index contributed by atoms with van der Waals surface area (Å²) in [6.45, 7) is 5.28. The summed E-state index contributed by atoms with van der Waals surface area (Å²) < 4.78 is 26.1. The summed E-state index contributed by atoms with van der Waals surface area (Å²) in [5.74, 6) is -0.395. The minimum absolute atomic E-state index is 0.0392. The van der Waals surface area contributed by atoms with Crippen LogP contribution < -0.4 is 10.9 Å². The maximum absolute atomic E-state index is 12.6. The molecule has 1 N–H and O–H groups in total. The van der Waals surface area contributed by atoms with Crippen molar-refractivity contribution < 1.29 is 13.2 Å². The lowest BCUT2D eigenvalue weighted by Gasteiger charge is -2.12. The summed E-state index contributed by atoms with van der Waals surface area (Å²) in [6.07, 6.45) is 0.746. The number of sulfone groups is 1. The first-order valence-electron chi connectivity index (χ1n) is 7.93. The van der Waals surface area contributed by atoms with Crippen LogP contribution in [0.1, 0.15) is 25.8 Å². The highest BCUT2D eigenvalue weighted by Gasteiger charge is 2.21. The number of aryl methyl sites for hydroxylation is 1. The molecule has 1 unspecified atom stereocenters. The molecule has 2 aromatic rings. The highest BCUT2D eigenvalue weighted by molar-refractivity contribution is 7.91. The molecule has 0 radical (unpaired) electrons. The lowest BCUT2D eigenvalue weighted by Crippen LogP contribution is -2.38. The van der Waals surface area contributed by atoms with Gasteiger partial charge in [0.2, 0.25) is 15.7 Å². The number of rotatable bonds is 6. The topological polar surface area (TPSA) is 98.1 Å². The molecule has 7 nitrogen and oxygen atoms in total. The average Bonchev–Trinajstić information content (AvgIpc) is 2.56. The lowest BCUT2D eigenvalue weighted by molar-refractivity contribution is -0.122. The molecule has 1 aromatic carbocycles. The van der Waals surface area contributed by atoms with Crippen LogP contribution >= 0.6 is 0 Å². The Labute approximate surface area is 146 Å². The van der Waals surface area contributed by atoms with E-state index in [2.05, 4.69) is 10.4 Å². The van der Waals surface area contributed by atoms with Gasteiger partial charge in [-0.05, 0) is 38.5 Å². The van der Waals surface area contributed by atoms with Gasteiger partial charge < -0.3 is 5.32 Å². The van der Waals surface area contributed by atoms with E-state index in [1.807, 2.05) is 20.8 Å². The molecule has 0 saturated heterocycles.